The van der Waals surface area contributed by atoms with E-state index in [1.165, 1.54) is 17.7 Å². The van der Waals surface area contributed by atoms with Gasteiger partial charge in [-0.2, -0.15) is 0 Å². The van der Waals surface area contributed by atoms with Crippen LogP contribution in [0.15, 0.2) is 22.5 Å². The number of halogens is 1. The van der Waals surface area contributed by atoms with Crippen LogP contribution in [0.2, 0.25) is 0 Å². The first-order chi connectivity index (χ1) is 12.0. The molecule has 2 aromatic heterocycles. The van der Waals surface area contributed by atoms with Crippen LogP contribution in [0, 0.1) is 12.3 Å². The molecule has 2 aromatic rings. The van der Waals surface area contributed by atoms with Crippen LogP contribution in [-0.4, -0.2) is 38.7 Å². The van der Waals surface area contributed by atoms with E-state index < -0.39 is 0 Å². The monoisotopic (exact) mass is 488 g/mol. The number of likely N-dealkylation sites (tertiary alicyclic amines) is 1. The van der Waals surface area contributed by atoms with Crippen molar-refractivity contribution in [2.24, 2.45) is 17.5 Å². The number of aliphatic imine (C=N–C) groups is 1. The Morgan fingerprint density at radius 3 is 2.81 bits per heavy atom. The molecule has 1 unspecified atom stereocenters. The van der Waals surface area contributed by atoms with E-state index in [0.717, 1.165) is 37.2 Å². The Hall–Kier alpha value is -1.16. The van der Waals surface area contributed by atoms with Gasteiger partial charge in [-0.1, -0.05) is 19.9 Å². The van der Waals surface area contributed by atoms with Gasteiger partial charge in [0.05, 0.1) is 6.54 Å². The zero-order valence-corrected chi connectivity index (χ0v) is 19.2. The number of guanidine groups is 1. The molecule has 1 saturated heterocycles. The Balaban J connectivity index is 0.00000243. The molecule has 0 saturated carbocycles. The van der Waals surface area contributed by atoms with Crippen molar-refractivity contribution in [3.63, 3.8) is 0 Å². The van der Waals surface area contributed by atoms with Gasteiger partial charge in [-0.05, 0) is 36.6 Å². The lowest BCUT2D eigenvalue weighted by Gasteiger charge is -2.25. The summed E-state index contributed by atoms with van der Waals surface area (Å²) < 4.78 is 2.00. The zero-order valence-electron chi connectivity index (χ0n) is 16.0. The van der Waals surface area contributed by atoms with Gasteiger partial charge in [-0.25, -0.2) is 4.99 Å². The summed E-state index contributed by atoms with van der Waals surface area (Å²) in [7, 11) is 1.99. The van der Waals surface area contributed by atoms with Crippen molar-refractivity contribution in [3.8, 4) is 0 Å². The molecule has 1 atom stereocenters. The Kier molecular flexibility index (Phi) is 7.45. The molecule has 8 heteroatoms. The number of hydrogen-bond donors (Lipinski definition) is 1. The van der Waals surface area contributed by atoms with Crippen molar-refractivity contribution in [3.05, 3.63) is 34.0 Å². The van der Waals surface area contributed by atoms with E-state index in [2.05, 4.69) is 51.8 Å². The maximum absolute atomic E-state index is 4.86. The van der Waals surface area contributed by atoms with E-state index in [-0.39, 0.29) is 24.0 Å². The lowest BCUT2D eigenvalue weighted by Crippen LogP contribution is -2.40. The number of nitrogens with zero attached hydrogens (tertiary/aromatic N) is 5. The lowest BCUT2D eigenvalue weighted by molar-refractivity contribution is 0.321. The highest BCUT2D eigenvalue weighted by atomic mass is 127. The number of aryl methyl sites for hydroxylation is 1. The van der Waals surface area contributed by atoms with Crippen LogP contribution in [0.4, 0.5) is 0 Å². The predicted molar refractivity (Wildman–Crippen MR) is 118 cm³/mol. The van der Waals surface area contributed by atoms with Crippen LogP contribution in [-0.2, 0) is 20.1 Å². The van der Waals surface area contributed by atoms with Gasteiger partial charge in [0.2, 0.25) is 0 Å². The van der Waals surface area contributed by atoms with Crippen LogP contribution in [0.5, 0.6) is 0 Å². The molecule has 6 nitrogen and oxygen atoms in total. The van der Waals surface area contributed by atoms with Crippen molar-refractivity contribution in [1.82, 2.24) is 25.0 Å². The van der Waals surface area contributed by atoms with Gasteiger partial charge in [0.25, 0.3) is 0 Å². The Bertz CT molecular complexity index is 726. The number of aromatic nitrogens is 3. The smallest absolute Gasteiger partial charge is 0.194 e. The fourth-order valence-corrected chi connectivity index (χ4v) is 3.72. The topological polar surface area (TPSA) is 58.3 Å². The van der Waals surface area contributed by atoms with Gasteiger partial charge >= 0.3 is 0 Å². The fraction of sp³-hybridized carbons (Fsp3) is 0.611. The second-order valence-corrected chi connectivity index (χ2v) is 8.16. The highest BCUT2D eigenvalue weighted by molar-refractivity contribution is 14.0. The predicted octanol–water partition coefficient (Wildman–Crippen LogP) is 3.57. The van der Waals surface area contributed by atoms with Gasteiger partial charge in [-0.3, -0.25) is 0 Å². The van der Waals surface area contributed by atoms with Crippen LogP contribution >= 0.6 is 35.3 Å². The van der Waals surface area contributed by atoms with E-state index in [0.29, 0.717) is 12.0 Å². The molecule has 0 bridgehead atoms. The maximum atomic E-state index is 4.86. The maximum Gasteiger partial charge on any atom is 0.194 e. The first kappa shape index (κ1) is 21.1. The summed E-state index contributed by atoms with van der Waals surface area (Å²) in [5.41, 5.74) is 0.382. The summed E-state index contributed by atoms with van der Waals surface area (Å²) in [4.78, 5) is 8.57. The van der Waals surface area contributed by atoms with Crippen LogP contribution in [0.1, 0.15) is 43.2 Å². The molecule has 0 aromatic carbocycles. The number of thiophene rings is 1. The molecular weight excluding hydrogens is 459 g/mol. The normalized spacial score (nSPS) is 20.3. The summed E-state index contributed by atoms with van der Waals surface area (Å²) >= 11 is 1.77. The van der Waals surface area contributed by atoms with E-state index in [1.54, 1.807) is 11.3 Å². The third-order valence-corrected chi connectivity index (χ3v) is 6.14. The highest BCUT2D eigenvalue weighted by Crippen LogP contribution is 2.33. The number of nitrogens with one attached hydrogen (secondary N) is 1. The second kappa shape index (κ2) is 9.16. The van der Waals surface area contributed by atoms with E-state index in [1.807, 2.05) is 18.5 Å². The summed E-state index contributed by atoms with van der Waals surface area (Å²) in [5.74, 6) is 2.79. The van der Waals surface area contributed by atoms with E-state index in [9.17, 15) is 0 Å². The summed E-state index contributed by atoms with van der Waals surface area (Å²) in [5, 5.41) is 14.0. The van der Waals surface area contributed by atoms with Crippen molar-refractivity contribution in [2.45, 2.75) is 46.7 Å². The van der Waals surface area contributed by atoms with Crippen molar-refractivity contribution >= 4 is 41.3 Å². The molecule has 1 N–H and O–H groups in total. The van der Waals surface area contributed by atoms with Crippen LogP contribution in [0.25, 0.3) is 0 Å². The zero-order chi connectivity index (χ0) is 17.9. The van der Waals surface area contributed by atoms with Gasteiger partial charge in [0.15, 0.2) is 11.8 Å². The Labute approximate surface area is 177 Å². The van der Waals surface area contributed by atoms with Crippen LogP contribution < -0.4 is 5.32 Å². The van der Waals surface area contributed by atoms with Crippen molar-refractivity contribution in [1.29, 1.82) is 0 Å². The minimum absolute atomic E-state index is 0. The summed E-state index contributed by atoms with van der Waals surface area (Å²) in [6, 6.07) is 4.24. The van der Waals surface area contributed by atoms with Gasteiger partial charge in [-0.15, -0.1) is 45.5 Å². The standard InChI is InChI=1S/C18H28N6S.HI/c1-5-18(3)8-9-24(13-18)17(19-11-15-7-6-10-25-15)20-12-16-22-21-14(2)23(16)4;/h6-7,10H,5,8-9,11-13H2,1-4H3,(H,19,20);1H. The third kappa shape index (κ3) is 4.97. The average molecular weight is 488 g/mol. The molecule has 1 aliphatic heterocycles. The fourth-order valence-electron chi connectivity index (χ4n) is 3.07. The Morgan fingerprint density at radius 1 is 1.42 bits per heavy atom. The molecule has 0 aliphatic carbocycles. The summed E-state index contributed by atoms with van der Waals surface area (Å²) in [6.45, 7) is 10.1. The largest absolute Gasteiger partial charge is 0.351 e. The average Bonchev–Trinajstić information content (AvgIpc) is 3.33. The van der Waals surface area contributed by atoms with E-state index in [4.69, 9.17) is 4.99 Å². The van der Waals surface area contributed by atoms with Crippen molar-refractivity contribution < 1.29 is 0 Å². The van der Waals surface area contributed by atoms with E-state index >= 15 is 0 Å². The number of rotatable bonds is 5. The molecule has 144 valence electrons. The first-order valence-corrected chi connectivity index (χ1v) is 9.79. The quantitative estimate of drug-likeness (QED) is 0.397. The molecular formula is C18H29IN6S. The van der Waals surface area contributed by atoms with Gasteiger partial charge in [0, 0.05) is 25.0 Å². The molecule has 0 radical (unpaired) electrons. The molecule has 0 amide bonds. The molecule has 3 heterocycles. The molecule has 1 aliphatic rings. The Morgan fingerprint density at radius 2 is 2.23 bits per heavy atom. The molecule has 0 spiro atoms. The third-order valence-electron chi connectivity index (χ3n) is 5.26. The first-order valence-electron chi connectivity index (χ1n) is 8.91. The lowest BCUT2D eigenvalue weighted by atomic mass is 9.87. The second-order valence-electron chi connectivity index (χ2n) is 7.13. The van der Waals surface area contributed by atoms with Crippen molar-refractivity contribution in [2.75, 3.05) is 13.1 Å². The minimum atomic E-state index is 0. The summed E-state index contributed by atoms with van der Waals surface area (Å²) in [6.07, 6.45) is 2.41. The number of hydrogen-bond acceptors (Lipinski definition) is 4. The highest BCUT2D eigenvalue weighted by Gasteiger charge is 2.33. The van der Waals surface area contributed by atoms with Gasteiger partial charge < -0.3 is 14.8 Å². The minimum Gasteiger partial charge on any atom is -0.351 e. The van der Waals surface area contributed by atoms with Crippen LogP contribution in [0.3, 0.4) is 0 Å². The molecule has 1 fully saturated rings. The SMILES string of the molecule is CCC1(C)CCN(C(=NCc2nnc(C)n2C)NCc2cccs2)C1.I. The molecule has 26 heavy (non-hydrogen) atoms. The molecule has 3 rings (SSSR count). The van der Waals surface area contributed by atoms with Gasteiger partial charge in [0.1, 0.15) is 12.4 Å².